The van der Waals surface area contributed by atoms with Crippen molar-refractivity contribution in [3.8, 4) is 0 Å². The van der Waals surface area contributed by atoms with Crippen molar-refractivity contribution < 1.29 is 9.66 Å². The minimum Gasteiger partial charge on any atom is -0.378 e. The molecule has 3 rings (SSSR count). The van der Waals surface area contributed by atoms with E-state index in [0.29, 0.717) is 18.4 Å². The van der Waals surface area contributed by atoms with E-state index in [1.807, 2.05) is 4.90 Å². The molecule has 3 N–H and O–H groups in total. The third kappa shape index (κ3) is 3.66. The maximum atomic E-state index is 11.3. The van der Waals surface area contributed by atoms with Crippen molar-refractivity contribution in [3.05, 3.63) is 10.1 Å². The second kappa shape index (κ2) is 7.16. The summed E-state index contributed by atoms with van der Waals surface area (Å²) < 4.78 is 5.55. The van der Waals surface area contributed by atoms with Gasteiger partial charge in [0.25, 0.3) is 0 Å². The van der Waals surface area contributed by atoms with E-state index in [9.17, 15) is 10.1 Å². The van der Waals surface area contributed by atoms with Gasteiger partial charge in [-0.05, 0) is 31.6 Å². The summed E-state index contributed by atoms with van der Waals surface area (Å²) in [6.07, 6.45) is 4.12. The fraction of sp³-hybridized carbons (Fsp3) is 0.733. The third-order valence-corrected chi connectivity index (χ3v) is 4.67. The summed E-state index contributed by atoms with van der Waals surface area (Å²) in [5, 5.41) is 14.4. The molecule has 0 amide bonds. The van der Waals surface area contributed by atoms with E-state index >= 15 is 0 Å². The van der Waals surface area contributed by atoms with Gasteiger partial charge in [0.05, 0.1) is 11.0 Å². The highest BCUT2D eigenvalue weighted by atomic mass is 16.6. The first kappa shape index (κ1) is 16.7. The van der Waals surface area contributed by atoms with Crippen LogP contribution in [0.3, 0.4) is 0 Å². The number of piperidine rings is 1. The maximum Gasteiger partial charge on any atom is 0.353 e. The molecule has 0 spiro atoms. The Hall–Kier alpha value is -2.16. The van der Waals surface area contributed by atoms with Crippen LogP contribution in [0.25, 0.3) is 0 Å². The number of aromatic nitrogens is 2. The number of nitrogens with two attached hydrogens (primary N) is 1. The van der Waals surface area contributed by atoms with Gasteiger partial charge in [-0.3, -0.25) is 10.1 Å². The second-order valence-corrected chi connectivity index (χ2v) is 6.55. The molecule has 3 heterocycles. The van der Waals surface area contributed by atoms with Crippen LogP contribution in [0.2, 0.25) is 0 Å². The molecule has 1 atom stereocenters. The van der Waals surface area contributed by atoms with Gasteiger partial charge in [0.2, 0.25) is 17.6 Å². The van der Waals surface area contributed by atoms with Crippen LogP contribution in [0.5, 0.6) is 0 Å². The molecule has 1 unspecified atom stereocenters. The van der Waals surface area contributed by atoms with Crippen LogP contribution in [-0.4, -0.2) is 47.2 Å². The first-order valence-corrected chi connectivity index (χ1v) is 8.47. The minimum atomic E-state index is -0.533. The molecular weight excluding hydrogens is 312 g/mol. The smallest absolute Gasteiger partial charge is 0.353 e. The molecule has 0 radical (unpaired) electrons. The van der Waals surface area contributed by atoms with E-state index in [1.165, 1.54) is 0 Å². The standard InChI is InChI=1S/C15H24N6O3/c1-10-4-6-20(7-5-10)15-18-13(16)12(21(22)23)14(19-15)17-9-11-3-2-8-24-11/h10-11H,2-9H2,1H3,(H3,16,17,18,19). The zero-order chi connectivity index (χ0) is 17.1. The van der Waals surface area contributed by atoms with E-state index in [-0.39, 0.29) is 23.4 Å². The predicted octanol–water partition coefficient (Wildman–Crippen LogP) is 1.79. The highest BCUT2D eigenvalue weighted by molar-refractivity contribution is 5.70. The summed E-state index contributed by atoms with van der Waals surface area (Å²) >= 11 is 0. The number of nitrogen functional groups attached to an aromatic ring is 1. The molecule has 2 aliphatic rings. The van der Waals surface area contributed by atoms with Crippen molar-refractivity contribution in [2.24, 2.45) is 5.92 Å². The van der Waals surface area contributed by atoms with Crippen LogP contribution in [0, 0.1) is 16.0 Å². The van der Waals surface area contributed by atoms with Gasteiger partial charge in [0, 0.05) is 26.2 Å². The van der Waals surface area contributed by atoms with Crippen LogP contribution in [0.4, 0.5) is 23.3 Å². The number of rotatable bonds is 5. The molecule has 0 saturated carbocycles. The molecule has 0 bridgehead atoms. The molecule has 1 aromatic heterocycles. The molecule has 9 heteroatoms. The van der Waals surface area contributed by atoms with Crippen LogP contribution >= 0.6 is 0 Å². The molecule has 0 aliphatic carbocycles. The van der Waals surface area contributed by atoms with Crippen molar-refractivity contribution in [2.45, 2.75) is 38.7 Å². The Morgan fingerprint density at radius 3 is 2.75 bits per heavy atom. The van der Waals surface area contributed by atoms with Gasteiger partial charge < -0.3 is 20.7 Å². The maximum absolute atomic E-state index is 11.3. The Bertz CT molecular complexity index is 597. The van der Waals surface area contributed by atoms with Crippen molar-refractivity contribution >= 4 is 23.3 Å². The van der Waals surface area contributed by atoms with Gasteiger partial charge in [0.15, 0.2) is 0 Å². The normalized spacial score (nSPS) is 21.9. The molecule has 132 valence electrons. The number of hydrogen-bond donors (Lipinski definition) is 2. The Morgan fingerprint density at radius 1 is 1.38 bits per heavy atom. The highest BCUT2D eigenvalue weighted by Gasteiger charge is 2.27. The lowest BCUT2D eigenvalue weighted by molar-refractivity contribution is -0.383. The zero-order valence-electron chi connectivity index (χ0n) is 13.9. The van der Waals surface area contributed by atoms with Gasteiger partial charge >= 0.3 is 5.69 Å². The topological polar surface area (TPSA) is 119 Å². The van der Waals surface area contributed by atoms with E-state index < -0.39 is 4.92 Å². The lowest BCUT2D eigenvalue weighted by Gasteiger charge is -2.30. The van der Waals surface area contributed by atoms with Crippen LogP contribution in [0.1, 0.15) is 32.6 Å². The predicted molar refractivity (Wildman–Crippen MR) is 91.2 cm³/mol. The Morgan fingerprint density at radius 2 is 2.12 bits per heavy atom. The quantitative estimate of drug-likeness (QED) is 0.617. The molecule has 9 nitrogen and oxygen atoms in total. The first-order chi connectivity index (χ1) is 11.5. The van der Waals surface area contributed by atoms with Crippen molar-refractivity contribution in [3.63, 3.8) is 0 Å². The molecule has 2 aliphatic heterocycles. The summed E-state index contributed by atoms with van der Waals surface area (Å²) in [5.74, 6) is 1.21. The second-order valence-electron chi connectivity index (χ2n) is 6.55. The fourth-order valence-corrected chi connectivity index (χ4v) is 3.13. The lowest BCUT2D eigenvalue weighted by atomic mass is 10.00. The average Bonchev–Trinajstić information content (AvgIpc) is 3.06. The van der Waals surface area contributed by atoms with Crippen LogP contribution in [-0.2, 0) is 4.74 Å². The molecule has 24 heavy (non-hydrogen) atoms. The summed E-state index contributed by atoms with van der Waals surface area (Å²) in [4.78, 5) is 21.4. The van der Waals surface area contributed by atoms with Crippen molar-refractivity contribution in [1.29, 1.82) is 0 Å². The molecule has 0 aromatic carbocycles. The summed E-state index contributed by atoms with van der Waals surface area (Å²) in [6, 6.07) is 0. The Labute approximate surface area is 140 Å². The summed E-state index contributed by atoms with van der Waals surface area (Å²) in [6.45, 7) is 5.11. The first-order valence-electron chi connectivity index (χ1n) is 8.47. The van der Waals surface area contributed by atoms with E-state index in [0.717, 1.165) is 45.4 Å². The molecule has 2 fully saturated rings. The number of hydrogen-bond acceptors (Lipinski definition) is 8. The number of ether oxygens (including phenoxy) is 1. The van der Waals surface area contributed by atoms with E-state index in [2.05, 4.69) is 22.2 Å². The SMILES string of the molecule is CC1CCN(c2nc(N)c([N+](=O)[O-])c(NCC3CCCO3)n2)CC1. The van der Waals surface area contributed by atoms with Gasteiger partial charge in [-0.1, -0.05) is 6.92 Å². The van der Waals surface area contributed by atoms with Gasteiger partial charge in [-0.25, -0.2) is 0 Å². The molecule has 2 saturated heterocycles. The van der Waals surface area contributed by atoms with Crippen LogP contribution < -0.4 is 16.0 Å². The van der Waals surface area contributed by atoms with Crippen LogP contribution in [0.15, 0.2) is 0 Å². The Kier molecular flexibility index (Phi) is 4.98. The average molecular weight is 336 g/mol. The highest BCUT2D eigenvalue weighted by Crippen LogP contribution is 2.31. The zero-order valence-corrected chi connectivity index (χ0v) is 13.9. The van der Waals surface area contributed by atoms with Gasteiger partial charge in [-0.15, -0.1) is 0 Å². The number of nitro groups is 1. The summed E-state index contributed by atoms with van der Waals surface area (Å²) in [5.41, 5.74) is 5.59. The van der Waals surface area contributed by atoms with E-state index in [1.54, 1.807) is 0 Å². The minimum absolute atomic E-state index is 0.0556. The number of nitrogens with zero attached hydrogens (tertiary/aromatic N) is 4. The van der Waals surface area contributed by atoms with E-state index in [4.69, 9.17) is 10.5 Å². The molecule has 1 aromatic rings. The molecular formula is C15H24N6O3. The lowest BCUT2D eigenvalue weighted by Crippen LogP contribution is -2.34. The third-order valence-electron chi connectivity index (χ3n) is 4.67. The number of nitrogens with one attached hydrogen (secondary N) is 1. The Balaban J connectivity index is 1.81. The number of anilines is 3. The fourth-order valence-electron chi connectivity index (χ4n) is 3.13. The van der Waals surface area contributed by atoms with Gasteiger partial charge in [-0.2, -0.15) is 9.97 Å². The van der Waals surface area contributed by atoms with Gasteiger partial charge in [0.1, 0.15) is 0 Å². The van der Waals surface area contributed by atoms with Crippen molar-refractivity contribution in [2.75, 3.05) is 42.2 Å². The van der Waals surface area contributed by atoms with Crippen molar-refractivity contribution in [1.82, 2.24) is 9.97 Å². The monoisotopic (exact) mass is 336 g/mol. The summed E-state index contributed by atoms with van der Waals surface area (Å²) in [7, 11) is 0. The largest absolute Gasteiger partial charge is 0.378 e.